The van der Waals surface area contributed by atoms with E-state index in [9.17, 15) is 0 Å². The monoisotopic (exact) mass is 422 g/mol. The van der Waals surface area contributed by atoms with Gasteiger partial charge in [-0.3, -0.25) is 0 Å². The predicted molar refractivity (Wildman–Crippen MR) is 133 cm³/mol. The molecule has 4 aromatic carbocycles. The van der Waals surface area contributed by atoms with E-state index in [2.05, 4.69) is 77.9 Å². The second-order valence-corrected chi connectivity index (χ2v) is 8.55. The lowest BCUT2D eigenvalue weighted by Gasteiger charge is -2.21. The molecule has 162 valence electrons. The largest absolute Gasteiger partial charge is 0.457 e. The van der Waals surface area contributed by atoms with Crippen LogP contribution in [0.2, 0.25) is 0 Å². The van der Waals surface area contributed by atoms with Crippen molar-refractivity contribution in [3.63, 3.8) is 0 Å². The van der Waals surface area contributed by atoms with Gasteiger partial charge in [0.2, 0.25) is 0 Å². The fourth-order valence-electron chi connectivity index (χ4n) is 4.00. The van der Waals surface area contributed by atoms with Crippen LogP contribution in [0.25, 0.3) is 11.1 Å². The number of benzene rings is 4. The standard InChI is InChI=1S/C30H30O2/c1-19-15-16-20(2)25(17-19)26-18-29(31-27-13-9-7-11-21(27)3)24(6)30(23(26)5)32-28-14-10-8-12-22(28)4/h7-18H,1-6H3. The summed E-state index contributed by atoms with van der Waals surface area (Å²) in [7, 11) is 0. The van der Waals surface area contributed by atoms with Gasteiger partial charge >= 0.3 is 0 Å². The van der Waals surface area contributed by atoms with Gasteiger partial charge in [-0.2, -0.15) is 0 Å². The average Bonchev–Trinajstić information content (AvgIpc) is 2.77. The highest BCUT2D eigenvalue weighted by Gasteiger charge is 2.19. The molecular weight excluding hydrogens is 392 g/mol. The first kappa shape index (κ1) is 21.7. The lowest BCUT2D eigenvalue weighted by molar-refractivity contribution is 0.448. The molecule has 0 saturated carbocycles. The molecule has 0 bridgehead atoms. The fraction of sp³-hybridized carbons (Fsp3) is 0.200. The van der Waals surface area contributed by atoms with Gasteiger partial charge in [0.25, 0.3) is 0 Å². The minimum Gasteiger partial charge on any atom is -0.457 e. The fourth-order valence-corrected chi connectivity index (χ4v) is 4.00. The van der Waals surface area contributed by atoms with Gasteiger partial charge in [-0.05, 0) is 87.6 Å². The SMILES string of the molecule is Cc1ccc(C)c(-c2cc(Oc3ccccc3C)c(C)c(Oc3ccccc3C)c2C)c1. The van der Waals surface area contributed by atoms with Gasteiger partial charge in [-0.15, -0.1) is 0 Å². The zero-order valence-electron chi connectivity index (χ0n) is 19.7. The molecule has 0 amide bonds. The normalized spacial score (nSPS) is 10.8. The van der Waals surface area contributed by atoms with Crippen molar-refractivity contribution in [1.82, 2.24) is 0 Å². The molecule has 32 heavy (non-hydrogen) atoms. The van der Waals surface area contributed by atoms with Crippen LogP contribution in [0.1, 0.15) is 33.4 Å². The molecule has 0 fully saturated rings. The maximum atomic E-state index is 6.53. The van der Waals surface area contributed by atoms with Gasteiger partial charge in [-0.25, -0.2) is 0 Å². The summed E-state index contributed by atoms with van der Waals surface area (Å²) < 4.78 is 13.0. The van der Waals surface area contributed by atoms with Crippen molar-refractivity contribution in [1.29, 1.82) is 0 Å². The predicted octanol–water partition coefficient (Wildman–Crippen LogP) is 8.79. The number of aryl methyl sites for hydroxylation is 4. The Bertz CT molecular complexity index is 1280. The average molecular weight is 423 g/mol. The molecule has 4 aromatic rings. The Labute approximate surface area is 191 Å². The lowest BCUT2D eigenvalue weighted by atomic mass is 9.92. The van der Waals surface area contributed by atoms with Crippen LogP contribution >= 0.6 is 0 Å². The van der Waals surface area contributed by atoms with Crippen LogP contribution in [-0.4, -0.2) is 0 Å². The van der Waals surface area contributed by atoms with Gasteiger partial charge in [-0.1, -0.05) is 60.2 Å². The molecule has 0 unspecified atom stereocenters. The minimum atomic E-state index is 0.810. The first-order chi connectivity index (χ1) is 15.3. The molecule has 0 N–H and O–H groups in total. The van der Waals surface area contributed by atoms with Crippen LogP contribution < -0.4 is 9.47 Å². The Kier molecular flexibility index (Phi) is 6.05. The smallest absolute Gasteiger partial charge is 0.137 e. The Morgan fingerprint density at radius 3 is 1.69 bits per heavy atom. The number of hydrogen-bond donors (Lipinski definition) is 0. The van der Waals surface area contributed by atoms with Gasteiger partial charge in [0.15, 0.2) is 0 Å². The van der Waals surface area contributed by atoms with Gasteiger partial charge in [0, 0.05) is 11.1 Å². The van der Waals surface area contributed by atoms with Crippen LogP contribution in [0, 0.1) is 41.5 Å². The van der Waals surface area contributed by atoms with Crippen LogP contribution in [0.15, 0.2) is 72.8 Å². The summed E-state index contributed by atoms with van der Waals surface area (Å²) >= 11 is 0. The van der Waals surface area contributed by atoms with Crippen LogP contribution in [0.3, 0.4) is 0 Å². The van der Waals surface area contributed by atoms with Crippen LogP contribution in [0.5, 0.6) is 23.0 Å². The van der Waals surface area contributed by atoms with Crippen molar-refractivity contribution < 1.29 is 9.47 Å². The van der Waals surface area contributed by atoms with E-state index in [1.165, 1.54) is 16.7 Å². The quantitative estimate of drug-likeness (QED) is 0.320. The molecule has 2 heteroatoms. The number of ether oxygens (including phenoxy) is 2. The molecule has 0 atom stereocenters. The van der Waals surface area contributed by atoms with Crippen molar-refractivity contribution >= 4 is 0 Å². The molecule has 2 nitrogen and oxygen atoms in total. The van der Waals surface area contributed by atoms with E-state index in [1.54, 1.807) is 0 Å². The van der Waals surface area contributed by atoms with E-state index in [0.717, 1.165) is 50.8 Å². The maximum Gasteiger partial charge on any atom is 0.137 e. The molecule has 0 heterocycles. The molecule has 0 aromatic heterocycles. The van der Waals surface area contributed by atoms with Gasteiger partial charge in [0.1, 0.15) is 23.0 Å². The topological polar surface area (TPSA) is 18.5 Å². The Morgan fingerprint density at radius 1 is 0.469 bits per heavy atom. The number of para-hydroxylation sites is 2. The van der Waals surface area contributed by atoms with E-state index in [-0.39, 0.29) is 0 Å². The van der Waals surface area contributed by atoms with Crippen molar-refractivity contribution in [3.05, 3.63) is 106 Å². The van der Waals surface area contributed by atoms with E-state index in [1.807, 2.05) is 36.4 Å². The molecule has 0 aliphatic carbocycles. The zero-order valence-corrected chi connectivity index (χ0v) is 19.7. The van der Waals surface area contributed by atoms with Gasteiger partial charge in [0.05, 0.1) is 0 Å². The highest BCUT2D eigenvalue weighted by molar-refractivity contribution is 5.77. The Balaban J connectivity index is 1.92. The summed E-state index contributed by atoms with van der Waals surface area (Å²) in [6.45, 7) is 12.6. The Hall–Kier alpha value is -3.52. The summed E-state index contributed by atoms with van der Waals surface area (Å²) in [5.74, 6) is 3.37. The van der Waals surface area contributed by atoms with Crippen molar-refractivity contribution in [2.24, 2.45) is 0 Å². The summed E-state index contributed by atoms with van der Waals surface area (Å²) in [6.07, 6.45) is 0. The van der Waals surface area contributed by atoms with E-state index >= 15 is 0 Å². The van der Waals surface area contributed by atoms with Gasteiger partial charge < -0.3 is 9.47 Å². The van der Waals surface area contributed by atoms with E-state index in [0.29, 0.717) is 0 Å². The lowest BCUT2D eigenvalue weighted by Crippen LogP contribution is -2.00. The Morgan fingerprint density at radius 2 is 1.06 bits per heavy atom. The third-order valence-corrected chi connectivity index (χ3v) is 6.03. The number of hydrogen-bond acceptors (Lipinski definition) is 2. The summed E-state index contributed by atoms with van der Waals surface area (Å²) in [5, 5.41) is 0. The molecule has 0 spiro atoms. The highest BCUT2D eigenvalue weighted by atomic mass is 16.5. The van der Waals surface area contributed by atoms with E-state index < -0.39 is 0 Å². The molecule has 0 aliphatic heterocycles. The maximum absolute atomic E-state index is 6.53. The molecule has 0 aliphatic rings. The van der Waals surface area contributed by atoms with Crippen molar-refractivity contribution in [2.75, 3.05) is 0 Å². The van der Waals surface area contributed by atoms with Crippen LogP contribution in [-0.2, 0) is 0 Å². The summed E-state index contributed by atoms with van der Waals surface area (Å²) in [4.78, 5) is 0. The third-order valence-electron chi connectivity index (χ3n) is 6.03. The minimum absolute atomic E-state index is 0.810. The highest BCUT2D eigenvalue weighted by Crippen LogP contribution is 2.44. The first-order valence-corrected chi connectivity index (χ1v) is 11.0. The van der Waals surface area contributed by atoms with E-state index in [4.69, 9.17) is 9.47 Å². The second kappa shape index (κ2) is 8.92. The summed E-state index contributed by atoms with van der Waals surface area (Å²) in [5.41, 5.74) is 9.09. The van der Waals surface area contributed by atoms with Crippen LogP contribution in [0.4, 0.5) is 0 Å². The molecular formula is C30H30O2. The summed E-state index contributed by atoms with van der Waals surface area (Å²) in [6, 6.07) is 24.9. The van der Waals surface area contributed by atoms with Crippen molar-refractivity contribution in [3.8, 4) is 34.1 Å². The molecule has 4 rings (SSSR count). The zero-order chi connectivity index (χ0) is 22.8. The second-order valence-electron chi connectivity index (χ2n) is 8.55. The third kappa shape index (κ3) is 4.27. The molecule has 0 radical (unpaired) electrons. The number of rotatable bonds is 5. The molecule has 0 saturated heterocycles. The first-order valence-electron chi connectivity index (χ1n) is 11.0. The van der Waals surface area contributed by atoms with Crippen molar-refractivity contribution in [2.45, 2.75) is 41.5 Å².